The molecule has 0 aromatic heterocycles. The van der Waals surface area contributed by atoms with E-state index in [-0.39, 0.29) is 11.3 Å². The van der Waals surface area contributed by atoms with E-state index < -0.39 is 18.5 Å². The molecule has 1 aromatic rings. The molecule has 0 amide bonds. The Morgan fingerprint density at radius 1 is 1.44 bits per heavy atom. The second kappa shape index (κ2) is 4.92. The van der Waals surface area contributed by atoms with E-state index in [4.69, 9.17) is 5.11 Å². The third-order valence-corrected chi connectivity index (χ3v) is 2.29. The van der Waals surface area contributed by atoms with Gasteiger partial charge in [0, 0.05) is 5.56 Å². The number of hydrogen-bond acceptors (Lipinski definition) is 2. The first-order valence-corrected chi connectivity index (χ1v) is 4.70. The van der Waals surface area contributed by atoms with Gasteiger partial charge < -0.3 is 9.84 Å². The van der Waals surface area contributed by atoms with Crippen LogP contribution < -0.4 is 4.74 Å². The number of halogens is 2. The van der Waals surface area contributed by atoms with E-state index in [9.17, 15) is 13.6 Å². The summed E-state index contributed by atoms with van der Waals surface area (Å²) in [7, 11) is 0. The lowest BCUT2D eigenvalue weighted by Crippen LogP contribution is -2.12. The van der Waals surface area contributed by atoms with E-state index in [1.54, 1.807) is 19.1 Å². The molecular formula is C11H12F2O3. The van der Waals surface area contributed by atoms with Gasteiger partial charge in [-0.3, -0.25) is 4.79 Å². The summed E-state index contributed by atoms with van der Waals surface area (Å²) in [6.07, 6.45) is 0. The lowest BCUT2D eigenvalue weighted by molar-refractivity contribution is -0.138. The lowest BCUT2D eigenvalue weighted by Gasteiger charge is -2.15. The Labute approximate surface area is 91.7 Å². The molecule has 1 unspecified atom stereocenters. The molecule has 3 nitrogen and oxygen atoms in total. The van der Waals surface area contributed by atoms with E-state index in [1.807, 2.05) is 0 Å². The van der Waals surface area contributed by atoms with Gasteiger partial charge in [0.25, 0.3) is 0 Å². The highest BCUT2D eigenvalue weighted by atomic mass is 19.3. The van der Waals surface area contributed by atoms with Crippen molar-refractivity contribution in [1.29, 1.82) is 0 Å². The van der Waals surface area contributed by atoms with Crippen LogP contribution in [-0.2, 0) is 4.79 Å². The zero-order valence-electron chi connectivity index (χ0n) is 8.91. The minimum atomic E-state index is -2.96. The van der Waals surface area contributed by atoms with E-state index in [1.165, 1.54) is 13.0 Å². The molecule has 5 heteroatoms. The van der Waals surface area contributed by atoms with Crippen LogP contribution in [0.4, 0.5) is 8.78 Å². The molecule has 0 aliphatic heterocycles. The van der Waals surface area contributed by atoms with Crippen molar-refractivity contribution in [3.8, 4) is 5.75 Å². The number of carboxylic acid groups (broad SMARTS) is 1. The molecule has 0 saturated carbocycles. The Hall–Kier alpha value is -1.65. The number of benzene rings is 1. The van der Waals surface area contributed by atoms with Crippen molar-refractivity contribution in [3.05, 3.63) is 29.3 Å². The van der Waals surface area contributed by atoms with Crippen LogP contribution in [0.25, 0.3) is 0 Å². The van der Waals surface area contributed by atoms with Crippen molar-refractivity contribution >= 4 is 5.97 Å². The number of aryl methyl sites for hydroxylation is 1. The highest BCUT2D eigenvalue weighted by Crippen LogP contribution is 2.31. The van der Waals surface area contributed by atoms with Crippen molar-refractivity contribution in [2.45, 2.75) is 26.4 Å². The van der Waals surface area contributed by atoms with Crippen molar-refractivity contribution in [1.82, 2.24) is 0 Å². The predicted octanol–water partition coefficient (Wildman–Crippen LogP) is 2.78. The van der Waals surface area contributed by atoms with Gasteiger partial charge in [-0.15, -0.1) is 0 Å². The second-order valence-corrected chi connectivity index (χ2v) is 3.43. The van der Waals surface area contributed by atoms with Gasteiger partial charge in [-0.1, -0.05) is 18.2 Å². The van der Waals surface area contributed by atoms with Crippen molar-refractivity contribution in [3.63, 3.8) is 0 Å². The molecular weight excluding hydrogens is 218 g/mol. The van der Waals surface area contributed by atoms with Gasteiger partial charge in [0.15, 0.2) is 0 Å². The molecule has 0 aliphatic rings. The SMILES string of the molecule is Cc1cccc(C(C)C(=O)O)c1OC(F)F. The van der Waals surface area contributed by atoms with Crippen LogP contribution in [0.5, 0.6) is 5.75 Å². The van der Waals surface area contributed by atoms with Crippen LogP contribution in [0.1, 0.15) is 24.0 Å². The summed E-state index contributed by atoms with van der Waals surface area (Å²) in [5, 5.41) is 8.84. The third kappa shape index (κ3) is 2.68. The van der Waals surface area contributed by atoms with Crippen molar-refractivity contribution in [2.75, 3.05) is 0 Å². The first-order chi connectivity index (χ1) is 7.43. The topological polar surface area (TPSA) is 46.5 Å². The number of ether oxygens (including phenoxy) is 1. The molecule has 88 valence electrons. The molecule has 0 heterocycles. The number of carbonyl (C=O) groups is 1. The molecule has 1 aromatic carbocycles. The molecule has 1 rings (SSSR count). The number of rotatable bonds is 4. The highest BCUT2D eigenvalue weighted by Gasteiger charge is 2.21. The number of carboxylic acids is 1. The Kier molecular flexibility index (Phi) is 3.82. The average Bonchev–Trinajstić information content (AvgIpc) is 2.19. The van der Waals surface area contributed by atoms with E-state index in [0.717, 1.165) is 0 Å². The normalized spacial score (nSPS) is 12.6. The fourth-order valence-electron chi connectivity index (χ4n) is 1.40. The summed E-state index contributed by atoms with van der Waals surface area (Å²) in [5.74, 6) is -2.01. The Balaban J connectivity index is 3.17. The van der Waals surface area contributed by atoms with Gasteiger partial charge in [-0.05, 0) is 19.4 Å². The summed E-state index contributed by atoms with van der Waals surface area (Å²) in [6.45, 7) is 0.0615. The number of hydrogen-bond donors (Lipinski definition) is 1. The minimum absolute atomic E-state index is 0.0487. The van der Waals surface area contributed by atoms with Crippen LogP contribution in [0.15, 0.2) is 18.2 Å². The van der Waals surface area contributed by atoms with Gasteiger partial charge in [-0.2, -0.15) is 8.78 Å². The lowest BCUT2D eigenvalue weighted by atomic mass is 9.98. The van der Waals surface area contributed by atoms with Gasteiger partial charge in [0.1, 0.15) is 5.75 Å². The van der Waals surface area contributed by atoms with Crippen molar-refractivity contribution < 1.29 is 23.4 Å². The fourth-order valence-corrected chi connectivity index (χ4v) is 1.40. The summed E-state index contributed by atoms with van der Waals surface area (Å²) < 4.78 is 28.7. The van der Waals surface area contributed by atoms with E-state index in [2.05, 4.69) is 4.74 Å². The van der Waals surface area contributed by atoms with Crippen LogP contribution in [0, 0.1) is 6.92 Å². The molecule has 1 atom stereocenters. The van der Waals surface area contributed by atoms with Crippen LogP contribution in [-0.4, -0.2) is 17.7 Å². The molecule has 0 spiro atoms. The van der Waals surface area contributed by atoms with Gasteiger partial charge >= 0.3 is 12.6 Å². The zero-order valence-corrected chi connectivity index (χ0v) is 8.91. The maximum atomic E-state index is 12.2. The molecule has 0 aliphatic carbocycles. The summed E-state index contributed by atoms with van der Waals surface area (Å²) in [5.41, 5.74) is 0.749. The quantitative estimate of drug-likeness (QED) is 0.865. The number of para-hydroxylation sites is 1. The summed E-state index contributed by atoms with van der Waals surface area (Å²) in [6, 6.07) is 4.68. The van der Waals surface area contributed by atoms with E-state index >= 15 is 0 Å². The average molecular weight is 230 g/mol. The third-order valence-electron chi connectivity index (χ3n) is 2.29. The first kappa shape index (κ1) is 12.4. The Bertz CT molecular complexity index is 391. The second-order valence-electron chi connectivity index (χ2n) is 3.43. The monoisotopic (exact) mass is 230 g/mol. The predicted molar refractivity (Wildman–Crippen MR) is 53.9 cm³/mol. The van der Waals surface area contributed by atoms with Crippen molar-refractivity contribution in [2.24, 2.45) is 0 Å². The minimum Gasteiger partial charge on any atom is -0.481 e. The largest absolute Gasteiger partial charge is 0.481 e. The smallest absolute Gasteiger partial charge is 0.387 e. The van der Waals surface area contributed by atoms with E-state index in [0.29, 0.717) is 5.56 Å². The number of alkyl halides is 2. The Morgan fingerprint density at radius 2 is 2.06 bits per heavy atom. The zero-order chi connectivity index (χ0) is 12.3. The summed E-state index contributed by atoms with van der Waals surface area (Å²) >= 11 is 0. The first-order valence-electron chi connectivity index (χ1n) is 4.70. The molecule has 0 bridgehead atoms. The Morgan fingerprint density at radius 3 is 2.56 bits per heavy atom. The van der Waals surface area contributed by atoms with Gasteiger partial charge in [0.05, 0.1) is 5.92 Å². The molecule has 1 N–H and O–H groups in total. The summed E-state index contributed by atoms with van der Waals surface area (Å²) in [4.78, 5) is 10.8. The molecule has 0 saturated heterocycles. The number of aliphatic carboxylic acids is 1. The molecule has 0 radical (unpaired) electrons. The maximum Gasteiger partial charge on any atom is 0.387 e. The fraction of sp³-hybridized carbons (Fsp3) is 0.364. The molecule has 16 heavy (non-hydrogen) atoms. The standard InChI is InChI=1S/C11H12F2O3/c1-6-4-3-5-8(7(2)10(14)15)9(6)16-11(12)13/h3-5,7,11H,1-2H3,(H,14,15). The van der Waals surface area contributed by atoms with Crippen LogP contribution >= 0.6 is 0 Å². The van der Waals surface area contributed by atoms with Crippen LogP contribution in [0.3, 0.4) is 0 Å². The van der Waals surface area contributed by atoms with Crippen LogP contribution in [0.2, 0.25) is 0 Å². The highest BCUT2D eigenvalue weighted by molar-refractivity contribution is 5.77. The van der Waals surface area contributed by atoms with Gasteiger partial charge in [-0.25, -0.2) is 0 Å². The molecule has 0 fully saturated rings. The van der Waals surface area contributed by atoms with Gasteiger partial charge in [0.2, 0.25) is 0 Å². The maximum absolute atomic E-state index is 12.2.